The van der Waals surface area contributed by atoms with Crippen molar-refractivity contribution in [1.82, 2.24) is 0 Å². The zero-order chi connectivity index (χ0) is 9.84. The molecule has 2 nitrogen and oxygen atoms in total. The predicted molar refractivity (Wildman–Crippen MR) is 58.4 cm³/mol. The second-order valence-corrected chi connectivity index (χ2v) is 4.33. The maximum atomic E-state index is 10.5. The van der Waals surface area contributed by atoms with E-state index >= 15 is 0 Å². The van der Waals surface area contributed by atoms with Crippen molar-refractivity contribution in [3.8, 4) is 5.75 Å². The molecule has 0 bridgehead atoms. The molecule has 0 N–H and O–H groups in total. The Labute approximate surface area is 93.5 Å². The third-order valence-electron chi connectivity index (χ3n) is 1.61. The standard InChI is InChI=1S/C9H8Br2O2/c1-13-9-4-6(10)2-3-7(9)8(11)5-12/h2-5,8H,1H3. The summed E-state index contributed by atoms with van der Waals surface area (Å²) >= 11 is 6.56. The minimum Gasteiger partial charge on any atom is -0.496 e. The molecule has 0 amide bonds. The van der Waals surface area contributed by atoms with Gasteiger partial charge in [0.15, 0.2) is 0 Å². The molecule has 70 valence electrons. The van der Waals surface area contributed by atoms with Crippen LogP contribution in [0.15, 0.2) is 22.7 Å². The number of aldehydes is 1. The van der Waals surface area contributed by atoms with Gasteiger partial charge in [-0.1, -0.05) is 37.9 Å². The molecule has 0 heterocycles. The summed E-state index contributed by atoms with van der Waals surface area (Å²) < 4.78 is 6.06. The van der Waals surface area contributed by atoms with E-state index in [0.717, 1.165) is 16.3 Å². The maximum absolute atomic E-state index is 10.5. The number of alkyl halides is 1. The van der Waals surface area contributed by atoms with Crippen LogP contribution in [0.5, 0.6) is 5.75 Å². The van der Waals surface area contributed by atoms with E-state index in [9.17, 15) is 4.79 Å². The zero-order valence-corrected chi connectivity index (χ0v) is 10.1. The fraction of sp³-hybridized carbons (Fsp3) is 0.222. The lowest BCUT2D eigenvalue weighted by Crippen LogP contribution is -1.95. The summed E-state index contributed by atoms with van der Waals surface area (Å²) in [6.07, 6.45) is 0.825. The van der Waals surface area contributed by atoms with E-state index in [1.807, 2.05) is 18.2 Å². The molecule has 0 aromatic heterocycles. The fourth-order valence-electron chi connectivity index (χ4n) is 0.986. The SMILES string of the molecule is COc1cc(Br)ccc1C(Br)C=O. The van der Waals surface area contributed by atoms with E-state index in [1.165, 1.54) is 0 Å². The van der Waals surface area contributed by atoms with Gasteiger partial charge in [-0.15, -0.1) is 0 Å². The number of rotatable bonds is 3. The molecule has 0 radical (unpaired) electrons. The van der Waals surface area contributed by atoms with E-state index in [-0.39, 0.29) is 4.83 Å². The van der Waals surface area contributed by atoms with E-state index in [0.29, 0.717) is 5.75 Å². The monoisotopic (exact) mass is 306 g/mol. The summed E-state index contributed by atoms with van der Waals surface area (Å²) in [5.74, 6) is 0.698. The van der Waals surface area contributed by atoms with Gasteiger partial charge in [-0.25, -0.2) is 0 Å². The second-order valence-electron chi connectivity index (χ2n) is 2.42. The minimum atomic E-state index is -0.310. The highest BCUT2D eigenvalue weighted by molar-refractivity contribution is 9.10. The van der Waals surface area contributed by atoms with Crippen LogP contribution in [0.25, 0.3) is 0 Å². The molecule has 1 aromatic rings. The molecule has 0 fully saturated rings. The molecule has 1 atom stereocenters. The van der Waals surface area contributed by atoms with Crippen LogP contribution in [0.1, 0.15) is 10.4 Å². The Hall–Kier alpha value is -0.350. The molecule has 0 saturated heterocycles. The van der Waals surface area contributed by atoms with E-state index in [4.69, 9.17) is 4.74 Å². The molecule has 13 heavy (non-hydrogen) atoms. The lowest BCUT2D eigenvalue weighted by molar-refractivity contribution is -0.107. The average molecular weight is 308 g/mol. The van der Waals surface area contributed by atoms with Crippen LogP contribution < -0.4 is 4.74 Å². The maximum Gasteiger partial charge on any atom is 0.138 e. The smallest absolute Gasteiger partial charge is 0.138 e. The largest absolute Gasteiger partial charge is 0.496 e. The number of halogens is 2. The molecule has 0 aliphatic carbocycles. The number of benzene rings is 1. The van der Waals surface area contributed by atoms with Gasteiger partial charge in [0.2, 0.25) is 0 Å². The third kappa shape index (κ3) is 2.54. The number of carbonyl (C=O) groups excluding carboxylic acids is 1. The Morgan fingerprint density at radius 3 is 2.77 bits per heavy atom. The first-order chi connectivity index (χ1) is 6.19. The molecule has 1 aromatic carbocycles. The molecule has 1 rings (SSSR count). The predicted octanol–water partition coefficient (Wildman–Crippen LogP) is 3.09. The van der Waals surface area contributed by atoms with Crippen LogP contribution in [0, 0.1) is 0 Å². The van der Waals surface area contributed by atoms with E-state index < -0.39 is 0 Å². The molecule has 1 unspecified atom stereocenters. The zero-order valence-electron chi connectivity index (χ0n) is 6.96. The first-order valence-electron chi connectivity index (χ1n) is 3.62. The van der Waals surface area contributed by atoms with Crippen LogP contribution in [-0.4, -0.2) is 13.4 Å². The van der Waals surface area contributed by atoms with Gasteiger partial charge < -0.3 is 9.53 Å². The van der Waals surface area contributed by atoms with E-state index in [1.54, 1.807) is 7.11 Å². The highest BCUT2D eigenvalue weighted by Gasteiger charge is 2.11. The Balaban J connectivity index is 3.12. The molecule has 0 saturated carbocycles. The van der Waals surface area contributed by atoms with Gasteiger partial charge in [-0.2, -0.15) is 0 Å². The minimum absolute atomic E-state index is 0.310. The summed E-state index contributed by atoms with van der Waals surface area (Å²) in [5.41, 5.74) is 0.834. The lowest BCUT2D eigenvalue weighted by atomic mass is 10.1. The average Bonchev–Trinajstić information content (AvgIpc) is 2.16. The quantitative estimate of drug-likeness (QED) is 0.633. The highest BCUT2D eigenvalue weighted by Crippen LogP contribution is 2.31. The van der Waals surface area contributed by atoms with Crippen molar-refractivity contribution < 1.29 is 9.53 Å². The molecule has 4 heteroatoms. The van der Waals surface area contributed by atoms with Crippen molar-refractivity contribution in [3.63, 3.8) is 0 Å². The van der Waals surface area contributed by atoms with Gasteiger partial charge in [-0.05, 0) is 12.1 Å². The van der Waals surface area contributed by atoms with Crippen molar-refractivity contribution in [1.29, 1.82) is 0 Å². The molecule has 0 spiro atoms. The summed E-state index contributed by atoms with van der Waals surface area (Å²) in [4.78, 5) is 10.2. The van der Waals surface area contributed by atoms with Crippen LogP contribution in [0.3, 0.4) is 0 Å². The van der Waals surface area contributed by atoms with Gasteiger partial charge in [0.25, 0.3) is 0 Å². The summed E-state index contributed by atoms with van der Waals surface area (Å²) in [7, 11) is 1.58. The summed E-state index contributed by atoms with van der Waals surface area (Å²) in [5, 5.41) is 0. The topological polar surface area (TPSA) is 26.3 Å². The third-order valence-corrected chi connectivity index (χ3v) is 2.81. The van der Waals surface area contributed by atoms with Crippen LogP contribution in [0.2, 0.25) is 0 Å². The van der Waals surface area contributed by atoms with Crippen LogP contribution >= 0.6 is 31.9 Å². The van der Waals surface area contributed by atoms with Crippen molar-refractivity contribution in [2.75, 3.05) is 7.11 Å². The van der Waals surface area contributed by atoms with Gasteiger partial charge in [0.1, 0.15) is 12.0 Å². The Bertz CT molecular complexity index is 312. The van der Waals surface area contributed by atoms with Crippen LogP contribution in [-0.2, 0) is 4.79 Å². The molecule has 0 aliphatic rings. The van der Waals surface area contributed by atoms with Crippen molar-refractivity contribution in [3.05, 3.63) is 28.2 Å². The highest BCUT2D eigenvalue weighted by atomic mass is 79.9. The van der Waals surface area contributed by atoms with Gasteiger partial charge in [-0.3, -0.25) is 0 Å². The molecular formula is C9H8Br2O2. The normalized spacial score (nSPS) is 12.2. The van der Waals surface area contributed by atoms with Crippen LogP contribution in [0.4, 0.5) is 0 Å². The Morgan fingerprint density at radius 1 is 1.54 bits per heavy atom. The summed E-state index contributed by atoms with van der Waals surface area (Å²) in [6, 6.07) is 5.54. The first-order valence-corrected chi connectivity index (χ1v) is 5.32. The number of hydrogen-bond donors (Lipinski definition) is 0. The first kappa shape index (κ1) is 10.7. The number of carbonyl (C=O) groups is 1. The van der Waals surface area contributed by atoms with Crippen molar-refractivity contribution in [2.45, 2.75) is 4.83 Å². The fourth-order valence-corrected chi connectivity index (χ4v) is 1.70. The number of methoxy groups -OCH3 is 1. The Kier molecular flexibility index (Phi) is 3.93. The number of hydrogen-bond acceptors (Lipinski definition) is 2. The lowest BCUT2D eigenvalue weighted by Gasteiger charge is -2.09. The molecular weight excluding hydrogens is 300 g/mol. The Morgan fingerprint density at radius 2 is 2.23 bits per heavy atom. The van der Waals surface area contributed by atoms with Gasteiger partial charge >= 0.3 is 0 Å². The van der Waals surface area contributed by atoms with Crippen molar-refractivity contribution >= 4 is 38.1 Å². The second kappa shape index (κ2) is 4.77. The van der Waals surface area contributed by atoms with Gasteiger partial charge in [0, 0.05) is 10.0 Å². The molecule has 0 aliphatic heterocycles. The van der Waals surface area contributed by atoms with Crippen molar-refractivity contribution in [2.24, 2.45) is 0 Å². The van der Waals surface area contributed by atoms with Gasteiger partial charge in [0.05, 0.1) is 11.9 Å². The van der Waals surface area contributed by atoms with E-state index in [2.05, 4.69) is 31.9 Å². The number of ether oxygens (including phenoxy) is 1. The summed E-state index contributed by atoms with van der Waals surface area (Å²) in [6.45, 7) is 0.